The first-order valence-electron chi connectivity index (χ1n) is 6.03. The molecular formula is C13H20N2O4. The van der Waals surface area contributed by atoms with Crippen molar-refractivity contribution in [2.24, 2.45) is 0 Å². The smallest absolute Gasteiger partial charge is 0.328 e. The van der Waals surface area contributed by atoms with Gasteiger partial charge in [-0.05, 0) is 33.3 Å². The highest BCUT2D eigenvalue weighted by molar-refractivity contribution is 5.72. The van der Waals surface area contributed by atoms with Gasteiger partial charge in [-0.15, -0.1) is 0 Å². The van der Waals surface area contributed by atoms with E-state index < -0.39 is 5.60 Å². The maximum atomic E-state index is 11.7. The summed E-state index contributed by atoms with van der Waals surface area (Å²) in [5.41, 5.74) is 0.929. The molecule has 1 aromatic heterocycles. The first-order chi connectivity index (χ1) is 8.71. The Bertz CT molecular complexity index is 471. The fourth-order valence-electron chi connectivity index (χ4n) is 1.53. The first-order valence-corrected chi connectivity index (χ1v) is 6.03. The van der Waals surface area contributed by atoms with Crippen LogP contribution in [0, 0.1) is 6.92 Å². The highest BCUT2D eigenvalue weighted by Gasteiger charge is 2.18. The highest BCUT2D eigenvalue weighted by atomic mass is 16.6. The van der Waals surface area contributed by atoms with Gasteiger partial charge in [0, 0.05) is 6.20 Å². The van der Waals surface area contributed by atoms with Gasteiger partial charge in [-0.2, -0.15) is 5.10 Å². The quantitative estimate of drug-likeness (QED) is 0.769. The predicted molar refractivity (Wildman–Crippen MR) is 68.5 cm³/mol. The molecule has 0 atom stereocenters. The molecule has 0 unspecified atom stereocenters. The molecule has 0 spiro atoms. The van der Waals surface area contributed by atoms with Crippen molar-refractivity contribution in [2.45, 2.75) is 46.3 Å². The number of ether oxygens (including phenoxy) is 2. The standard InChI is InChI=1S/C13H20N2O4/c1-9-7-15(8-12(17)19-13(2,3)4)14-10(9)6-11(16)18-5/h7H,6,8H2,1-5H3. The number of methoxy groups -OCH3 is 1. The van der Waals surface area contributed by atoms with Crippen LogP contribution < -0.4 is 0 Å². The summed E-state index contributed by atoms with van der Waals surface area (Å²) in [4.78, 5) is 22.8. The number of esters is 2. The minimum Gasteiger partial charge on any atom is -0.469 e. The summed E-state index contributed by atoms with van der Waals surface area (Å²) in [6.07, 6.45) is 1.81. The maximum absolute atomic E-state index is 11.7. The first kappa shape index (κ1) is 15.2. The lowest BCUT2D eigenvalue weighted by Crippen LogP contribution is -2.26. The third kappa shape index (κ3) is 5.11. The molecule has 0 saturated carbocycles. The van der Waals surface area contributed by atoms with Crippen molar-refractivity contribution in [3.63, 3.8) is 0 Å². The number of nitrogens with zero attached hydrogens (tertiary/aromatic N) is 2. The second kappa shape index (κ2) is 5.86. The van der Waals surface area contributed by atoms with E-state index in [0.29, 0.717) is 5.69 Å². The molecule has 0 amide bonds. The zero-order valence-electron chi connectivity index (χ0n) is 12.0. The van der Waals surface area contributed by atoms with Gasteiger partial charge in [0.15, 0.2) is 0 Å². The number of carbonyl (C=O) groups is 2. The average molecular weight is 268 g/mol. The molecule has 0 aliphatic carbocycles. The van der Waals surface area contributed by atoms with E-state index in [1.165, 1.54) is 11.8 Å². The largest absolute Gasteiger partial charge is 0.469 e. The normalized spacial score (nSPS) is 11.2. The molecule has 1 aromatic rings. The van der Waals surface area contributed by atoms with Crippen LogP contribution in [0.2, 0.25) is 0 Å². The van der Waals surface area contributed by atoms with E-state index in [9.17, 15) is 9.59 Å². The summed E-state index contributed by atoms with van der Waals surface area (Å²) < 4.78 is 11.3. The molecule has 0 N–H and O–H groups in total. The number of rotatable bonds is 4. The summed E-state index contributed by atoms with van der Waals surface area (Å²) in [7, 11) is 1.33. The van der Waals surface area contributed by atoms with Crippen molar-refractivity contribution in [3.05, 3.63) is 17.5 Å². The lowest BCUT2D eigenvalue weighted by molar-refractivity contribution is -0.155. The van der Waals surface area contributed by atoms with Crippen LogP contribution >= 0.6 is 0 Å². The van der Waals surface area contributed by atoms with Crippen molar-refractivity contribution in [1.82, 2.24) is 9.78 Å². The van der Waals surface area contributed by atoms with E-state index in [4.69, 9.17) is 4.74 Å². The van der Waals surface area contributed by atoms with Crippen LogP contribution in [0.3, 0.4) is 0 Å². The molecule has 0 radical (unpaired) electrons. The Morgan fingerprint density at radius 1 is 1.32 bits per heavy atom. The molecule has 19 heavy (non-hydrogen) atoms. The fourth-order valence-corrected chi connectivity index (χ4v) is 1.53. The van der Waals surface area contributed by atoms with Crippen LogP contribution in [0.15, 0.2) is 6.20 Å². The second-order valence-corrected chi connectivity index (χ2v) is 5.30. The predicted octanol–water partition coefficient (Wildman–Crippen LogP) is 1.25. The number of carbonyl (C=O) groups excluding carboxylic acids is 2. The van der Waals surface area contributed by atoms with Crippen LogP contribution in [0.5, 0.6) is 0 Å². The minimum absolute atomic E-state index is 0.0271. The molecule has 106 valence electrons. The van der Waals surface area contributed by atoms with Gasteiger partial charge < -0.3 is 9.47 Å². The van der Waals surface area contributed by atoms with Gasteiger partial charge in [-0.3, -0.25) is 14.3 Å². The summed E-state index contributed by atoms with van der Waals surface area (Å²) in [6.45, 7) is 7.28. The summed E-state index contributed by atoms with van der Waals surface area (Å²) in [5.74, 6) is -0.717. The molecule has 1 heterocycles. The lowest BCUT2D eigenvalue weighted by atomic mass is 10.2. The maximum Gasteiger partial charge on any atom is 0.328 e. The van der Waals surface area contributed by atoms with Crippen LogP contribution in [0.25, 0.3) is 0 Å². The minimum atomic E-state index is -0.520. The van der Waals surface area contributed by atoms with E-state index >= 15 is 0 Å². The zero-order valence-corrected chi connectivity index (χ0v) is 12.0. The number of hydrogen-bond acceptors (Lipinski definition) is 5. The van der Waals surface area contributed by atoms with E-state index in [0.717, 1.165) is 5.56 Å². The average Bonchev–Trinajstić information content (AvgIpc) is 2.55. The van der Waals surface area contributed by atoms with Crippen molar-refractivity contribution >= 4 is 11.9 Å². The van der Waals surface area contributed by atoms with Crippen molar-refractivity contribution in [2.75, 3.05) is 7.11 Å². The van der Waals surface area contributed by atoms with Crippen LogP contribution in [0.1, 0.15) is 32.0 Å². The molecule has 0 fully saturated rings. The Balaban J connectivity index is 2.68. The molecule has 0 aromatic carbocycles. The van der Waals surface area contributed by atoms with Crippen molar-refractivity contribution in [3.8, 4) is 0 Å². The summed E-state index contributed by atoms with van der Waals surface area (Å²) in [6, 6.07) is 0. The molecule has 6 nitrogen and oxygen atoms in total. The molecule has 6 heteroatoms. The van der Waals surface area contributed by atoms with Gasteiger partial charge in [0.2, 0.25) is 0 Å². The van der Waals surface area contributed by atoms with E-state index in [1.807, 2.05) is 27.7 Å². The van der Waals surface area contributed by atoms with E-state index in [1.54, 1.807) is 6.20 Å². The number of aryl methyl sites for hydroxylation is 1. The SMILES string of the molecule is COC(=O)Cc1nn(CC(=O)OC(C)(C)C)cc1C. The topological polar surface area (TPSA) is 70.4 Å². The van der Waals surface area contributed by atoms with Crippen LogP contribution in [-0.4, -0.2) is 34.4 Å². The molecule has 0 bridgehead atoms. The monoisotopic (exact) mass is 268 g/mol. The van der Waals surface area contributed by atoms with Crippen LogP contribution in [-0.2, 0) is 32.0 Å². The number of hydrogen-bond donors (Lipinski definition) is 0. The van der Waals surface area contributed by atoms with Gasteiger partial charge in [-0.25, -0.2) is 0 Å². The second-order valence-electron chi connectivity index (χ2n) is 5.30. The highest BCUT2D eigenvalue weighted by Crippen LogP contribution is 2.10. The molecular weight excluding hydrogens is 248 g/mol. The van der Waals surface area contributed by atoms with Crippen molar-refractivity contribution in [1.29, 1.82) is 0 Å². The zero-order chi connectivity index (χ0) is 14.6. The van der Waals surface area contributed by atoms with Gasteiger partial charge in [0.05, 0.1) is 19.2 Å². The molecule has 1 rings (SSSR count). The van der Waals surface area contributed by atoms with E-state index in [-0.39, 0.29) is 24.9 Å². The number of aromatic nitrogens is 2. The lowest BCUT2D eigenvalue weighted by Gasteiger charge is -2.19. The molecule has 0 saturated heterocycles. The summed E-state index contributed by atoms with van der Waals surface area (Å²) in [5, 5.41) is 4.18. The van der Waals surface area contributed by atoms with Gasteiger partial charge in [0.25, 0.3) is 0 Å². The van der Waals surface area contributed by atoms with Gasteiger partial charge >= 0.3 is 11.9 Å². The van der Waals surface area contributed by atoms with Crippen molar-refractivity contribution < 1.29 is 19.1 Å². The van der Waals surface area contributed by atoms with Gasteiger partial charge in [-0.1, -0.05) is 0 Å². The van der Waals surface area contributed by atoms with Gasteiger partial charge in [0.1, 0.15) is 12.1 Å². The Kier molecular flexibility index (Phi) is 4.69. The molecule has 0 aliphatic heterocycles. The Hall–Kier alpha value is -1.85. The Morgan fingerprint density at radius 3 is 2.47 bits per heavy atom. The fraction of sp³-hybridized carbons (Fsp3) is 0.615. The Morgan fingerprint density at radius 2 is 1.95 bits per heavy atom. The van der Waals surface area contributed by atoms with E-state index in [2.05, 4.69) is 9.84 Å². The summed E-state index contributed by atoms with van der Waals surface area (Å²) >= 11 is 0. The Labute approximate surface area is 112 Å². The third-order valence-corrected chi connectivity index (χ3v) is 2.30. The molecule has 0 aliphatic rings. The van der Waals surface area contributed by atoms with Crippen LogP contribution in [0.4, 0.5) is 0 Å². The third-order valence-electron chi connectivity index (χ3n) is 2.30.